The first-order valence-corrected chi connectivity index (χ1v) is 9.65. The number of likely N-dealkylation sites (N-methyl/N-ethyl adjacent to an activating group) is 1. The van der Waals surface area contributed by atoms with Crippen LogP contribution in [0.4, 0.5) is 11.4 Å². The van der Waals surface area contributed by atoms with Crippen LogP contribution < -0.4 is 15.0 Å². The van der Waals surface area contributed by atoms with Gasteiger partial charge >= 0.3 is 0 Å². The van der Waals surface area contributed by atoms with Crippen molar-refractivity contribution in [3.05, 3.63) is 54.1 Å². The van der Waals surface area contributed by atoms with Crippen LogP contribution in [-0.2, 0) is 9.59 Å². The van der Waals surface area contributed by atoms with E-state index in [-0.39, 0.29) is 24.3 Å². The first kappa shape index (κ1) is 20.4. The van der Waals surface area contributed by atoms with Gasteiger partial charge in [-0.15, -0.1) is 0 Å². The maximum Gasteiger partial charge on any atom is 0.254 e. The lowest BCUT2D eigenvalue weighted by Gasteiger charge is -2.22. The van der Waals surface area contributed by atoms with Crippen LogP contribution in [0.1, 0.15) is 30.1 Å². The van der Waals surface area contributed by atoms with E-state index in [2.05, 4.69) is 5.32 Å². The Morgan fingerprint density at radius 1 is 1.17 bits per heavy atom. The number of benzene rings is 2. The Kier molecular flexibility index (Phi) is 6.49. The summed E-state index contributed by atoms with van der Waals surface area (Å²) in [5.74, 6) is 0.243. The van der Waals surface area contributed by atoms with Gasteiger partial charge in [-0.2, -0.15) is 0 Å². The predicted molar refractivity (Wildman–Crippen MR) is 111 cm³/mol. The van der Waals surface area contributed by atoms with Gasteiger partial charge in [-0.3, -0.25) is 14.4 Å². The Morgan fingerprint density at radius 2 is 1.93 bits per heavy atom. The van der Waals surface area contributed by atoms with E-state index >= 15 is 0 Å². The highest BCUT2D eigenvalue weighted by atomic mass is 16.5. The predicted octanol–water partition coefficient (Wildman–Crippen LogP) is 2.92. The summed E-state index contributed by atoms with van der Waals surface area (Å²) in [5.41, 5.74) is 1.81. The van der Waals surface area contributed by atoms with Crippen LogP contribution in [0, 0.1) is 0 Å². The van der Waals surface area contributed by atoms with Crippen LogP contribution in [0.2, 0.25) is 0 Å². The van der Waals surface area contributed by atoms with Gasteiger partial charge in [0.25, 0.3) is 5.91 Å². The molecule has 0 spiro atoms. The fraction of sp³-hybridized carbons (Fsp3) is 0.318. The van der Waals surface area contributed by atoms with Gasteiger partial charge in [-0.1, -0.05) is 6.07 Å². The second kappa shape index (κ2) is 9.23. The number of nitrogens with one attached hydrogen (secondary N) is 1. The molecule has 152 valence electrons. The summed E-state index contributed by atoms with van der Waals surface area (Å²) in [4.78, 5) is 40.5. The zero-order valence-electron chi connectivity index (χ0n) is 16.7. The average Bonchev–Trinajstić information content (AvgIpc) is 3.18. The number of ether oxygens (including phenoxy) is 1. The van der Waals surface area contributed by atoms with E-state index in [9.17, 15) is 14.4 Å². The van der Waals surface area contributed by atoms with E-state index in [1.54, 1.807) is 54.5 Å². The summed E-state index contributed by atoms with van der Waals surface area (Å²) in [6.45, 7) is 2.82. The SMILES string of the molecule is CCN(CC(=O)Nc1ccc(OC)cc1)C(=O)c1cccc(N2CCCC2=O)c1. The smallest absolute Gasteiger partial charge is 0.254 e. The van der Waals surface area contributed by atoms with Gasteiger partial charge < -0.3 is 19.9 Å². The monoisotopic (exact) mass is 395 g/mol. The van der Waals surface area contributed by atoms with Gasteiger partial charge in [-0.25, -0.2) is 0 Å². The molecule has 0 aliphatic carbocycles. The van der Waals surface area contributed by atoms with E-state index in [0.717, 1.165) is 12.1 Å². The van der Waals surface area contributed by atoms with Crippen LogP contribution in [0.15, 0.2) is 48.5 Å². The molecule has 0 atom stereocenters. The van der Waals surface area contributed by atoms with E-state index in [1.807, 2.05) is 13.0 Å². The fourth-order valence-corrected chi connectivity index (χ4v) is 3.29. The molecule has 2 aromatic carbocycles. The van der Waals surface area contributed by atoms with Gasteiger partial charge in [0.15, 0.2) is 0 Å². The van der Waals surface area contributed by atoms with E-state index in [4.69, 9.17) is 4.74 Å². The van der Waals surface area contributed by atoms with Gasteiger partial charge in [0.1, 0.15) is 12.3 Å². The molecule has 1 aliphatic heterocycles. The van der Waals surface area contributed by atoms with E-state index < -0.39 is 0 Å². The van der Waals surface area contributed by atoms with Crippen molar-refractivity contribution in [3.8, 4) is 5.75 Å². The third-order valence-corrected chi connectivity index (χ3v) is 4.86. The maximum absolute atomic E-state index is 12.9. The van der Waals surface area contributed by atoms with Crippen molar-refractivity contribution < 1.29 is 19.1 Å². The Balaban J connectivity index is 1.66. The molecule has 0 unspecified atom stereocenters. The summed E-state index contributed by atoms with van der Waals surface area (Å²) >= 11 is 0. The standard InChI is InChI=1S/C22H25N3O4/c1-3-24(15-20(26)23-17-9-11-19(29-2)12-10-17)22(28)16-6-4-7-18(14-16)25-13-5-8-21(25)27/h4,6-7,9-12,14H,3,5,8,13,15H2,1-2H3,(H,23,26). The molecule has 7 nitrogen and oxygen atoms in total. The van der Waals surface area contributed by atoms with Gasteiger partial charge in [0.05, 0.1) is 7.11 Å². The summed E-state index contributed by atoms with van der Waals surface area (Å²) in [5, 5.41) is 2.79. The van der Waals surface area contributed by atoms with Crippen molar-refractivity contribution in [1.82, 2.24) is 4.90 Å². The lowest BCUT2D eigenvalue weighted by Crippen LogP contribution is -2.38. The molecule has 2 aromatic rings. The van der Waals surface area contributed by atoms with E-state index in [0.29, 0.717) is 36.5 Å². The third kappa shape index (κ3) is 4.93. The molecule has 7 heteroatoms. The first-order valence-electron chi connectivity index (χ1n) is 9.65. The molecule has 0 radical (unpaired) electrons. The largest absolute Gasteiger partial charge is 0.497 e. The minimum atomic E-state index is -0.281. The summed E-state index contributed by atoms with van der Waals surface area (Å²) in [6.07, 6.45) is 1.36. The molecule has 1 fully saturated rings. The topological polar surface area (TPSA) is 79.0 Å². The number of carbonyl (C=O) groups excluding carboxylic acids is 3. The number of amides is 3. The van der Waals surface area contributed by atoms with Gasteiger partial charge in [0.2, 0.25) is 11.8 Å². The zero-order chi connectivity index (χ0) is 20.8. The fourth-order valence-electron chi connectivity index (χ4n) is 3.29. The second-order valence-corrected chi connectivity index (χ2v) is 6.80. The molecule has 0 saturated carbocycles. The van der Waals surface area contributed by atoms with Crippen LogP contribution in [0.3, 0.4) is 0 Å². The molecule has 29 heavy (non-hydrogen) atoms. The van der Waals surface area contributed by atoms with Crippen molar-refractivity contribution in [3.63, 3.8) is 0 Å². The number of anilines is 2. The molecule has 0 bridgehead atoms. The number of rotatable bonds is 7. The van der Waals surface area contributed by atoms with Crippen LogP contribution >= 0.6 is 0 Å². The highest BCUT2D eigenvalue weighted by Gasteiger charge is 2.23. The van der Waals surface area contributed by atoms with Crippen molar-refractivity contribution >= 4 is 29.1 Å². The Hall–Kier alpha value is -3.35. The van der Waals surface area contributed by atoms with Crippen molar-refractivity contribution in [2.24, 2.45) is 0 Å². The minimum Gasteiger partial charge on any atom is -0.497 e. The number of nitrogens with zero attached hydrogens (tertiary/aromatic N) is 2. The lowest BCUT2D eigenvalue weighted by atomic mass is 10.1. The third-order valence-electron chi connectivity index (χ3n) is 4.86. The van der Waals surface area contributed by atoms with Crippen LogP contribution in [0.25, 0.3) is 0 Å². The molecule has 0 aromatic heterocycles. The average molecular weight is 395 g/mol. The minimum absolute atomic E-state index is 0.0613. The molecule has 3 rings (SSSR count). The molecule has 1 saturated heterocycles. The summed E-state index contributed by atoms with van der Waals surface area (Å²) < 4.78 is 5.10. The highest BCUT2D eigenvalue weighted by Crippen LogP contribution is 2.23. The summed E-state index contributed by atoms with van der Waals surface area (Å²) in [7, 11) is 1.58. The number of hydrogen-bond acceptors (Lipinski definition) is 4. The summed E-state index contributed by atoms with van der Waals surface area (Å²) in [6, 6.07) is 14.0. The number of methoxy groups -OCH3 is 1. The molecule has 3 amide bonds. The normalized spacial score (nSPS) is 13.3. The van der Waals surface area contributed by atoms with Crippen LogP contribution in [-0.4, -0.2) is 49.4 Å². The Labute approximate surface area is 170 Å². The van der Waals surface area contributed by atoms with Crippen molar-refractivity contribution in [1.29, 1.82) is 0 Å². The van der Waals surface area contributed by atoms with Gasteiger partial charge in [0, 0.05) is 36.4 Å². The second-order valence-electron chi connectivity index (χ2n) is 6.80. The molecular formula is C22H25N3O4. The Bertz CT molecular complexity index is 895. The van der Waals surface area contributed by atoms with Crippen LogP contribution in [0.5, 0.6) is 5.75 Å². The zero-order valence-corrected chi connectivity index (χ0v) is 16.7. The maximum atomic E-state index is 12.9. The molecular weight excluding hydrogens is 370 g/mol. The molecule has 1 aliphatic rings. The number of carbonyl (C=O) groups is 3. The number of hydrogen-bond donors (Lipinski definition) is 1. The molecule has 1 N–H and O–H groups in total. The Morgan fingerprint density at radius 3 is 2.55 bits per heavy atom. The van der Waals surface area contributed by atoms with Crippen molar-refractivity contribution in [2.45, 2.75) is 19.8 Å². The first-order chi connectivity index (χ1) is 14.0. The highest BCUT2D eigenvalue weighted by molar-refractivity contribution is 6.01. The van der Waals surface area contributed by atoms with E-state index in [1.165, 1.54) is 4.90 Å². The molecule has 1 heterocycles. The van der Waals surface area contributed by atoms with Gasteiger partial charge in [-0.05, 0) is 55.8 Å². The lowest BCUT2D eigenvalue weighted by molar-refractivity contribution is -0.117. The quantitative estimate of drug-likeness (QED) is 0.782. The van der Waals surface area contributed by atoms with Crippen molar-refractivity contribution in [2.75, 3.05) is 37.0 Å².